The molecule has 1 aromatic rings. The molecule has 0 aliphatic rings. The molecule has 0 aliphatic carbocycles. The van der Waals surface area contributed by atoms with Crippen LogP contribution >= 0.6 is 0 Å². The molecule has 1 aromatic carbocycles. The van der Waals surface area contributed by atoms with Gasteiger partial charge < -0.3 is 15.8 Å². The number of nitrogens with one attached hydrogen (secondary N) is 1. The predicted octanol–water partition coefficient (Wildman–Crippen LogP) is 2.44. The zero-order chi connectivity index (χ0) is 14.5. The van der Waals surface area contributed by atoms with E-state index in [-0.39, 0.29) is 12.3 Å². The average molecular weight is 284 g/mol. The fourth-order valence-electron chi connectivity index (χ4n) is 1.47. The molecule has 0 aromatic heterocycles. The third kappa shape index (κ3) is 5.84. The fourth-order valence-corrected chi connectivity index (χ4v) is 1.47. The van der Waals surface area contributed by atoms with E-state index >= 15 is 0 Å². The van der Waals surface area contributed by atoms with Crippen molar-refractivity contribution in [1.29, 1.82) is 0 Å². The van der Waals surface area contributed by atoms with Gasteiger partial charge in [0.15, 0.2) is 0 Å². The standard InChI is InChI=1S/C11H13F5N2O/c12-10(13)6-18-9(5-17)7-1-3-8(4-2-7)19-11(14,15)16/h1-4,9-10,18H,5-6,17H2. The quantitative estimate of drug-likeness (QED) is 0.789. The Morgan fingerprint density at radius 2 is 1.74 bits per heavy atom. The summed E-state index contributed by atoms with van der Waals surface area (Å²) < 4.78 is 63.6. The highest BCUT2D eigenvalue weighted by Crippen LogP contribution is 2.24. The van der Waals surface area contributed by atoms with Gasteiger partial charge in [-0.3, -0.25) is 0 Å². The van der Waals surface area contributed by atoms with Crippen molar-refractivity contribution in [3.05, 3.63) is 29.8 Å². The molecule has 0 fully saturated rings. The molecule has 0 aliphatic heterocycles. The molecule has 0 amide bonds. The number of benzene rings is 1. The van der Waals surface area contributed by atoms with E-state index in [0.29, 0.717) is 5.56 Å². The Labute approximate surface area is 106 Å². The van der Waals surface area contributed by atoms with Crippen LogP contribution in [0.2, 0.25) is 0 Å². The van der Waals surface area contributed by atoms with Gasteiger partial charge in [0.25, 0.3) is 6.43 Å². The molecule has 0 spiro atoms. The topological polar surface area (TPSA) is 47.3 Å². The van der Waals surface area contributed by atoms with Gasteiger partial charge in [0, 0.05) is 12.6 Å². The molecule has 0 saturated heterocycles. The first-order chi connectivity index (χ1) is 8.81. The lowest BCUT2D eigenvalue weighted by Gasteiger charge is -2.17. The molecule has 8 heteroatoms. The number of hydrogen-bond donors (Lipinski definition) is 2. The zero-order valence-corrected chi connectivity index (χ0v) is 9.75. The predicted molar refractivity (Wildman–Crippen MR) is 58.9 cm³/mol. The van der Waals surface area contributed by atoms with Crippen molar-refractivity contribution in [2.45, 2.75) is 18.8 Å². The van der Waals surface area contributed by atoms with E-state index in [9.17, 15) is 22.0 Å². The van der Waals surface area contributed by atoms with Crippen molar-refractivity contribution in [1.82, 2.24) is 5.32 Å². The highest BCUT2D eigenvalue weighted by Gasteiger charge is 2.31. The fraction of sp³-hybridized carbons (Fsp3) is 0.455. The Kier molecular flexibility index (Phi) is 5.49. The third-order valence-corrected chi connectivity index (χ3v) is 2.27. The van der Waals surface area contributed by atoms with Gasteiger partial charge in [0.05, 0.1) is 6.54 Å². The molecular formula is C11H13F5N2O. The number of ether oxygens (including phenoxy) is 1. The number of nitrogens with two attached hydrogens (primary N) is 1. The normalized spacial score (nSPS) is 13.6. The minimum atomic E-state index is -4.76. The first kappa shape index (κ1) is 15.6. The Hall–Kier alpha value is -1.41. The summed E-state index contributed by atoms with van der Waals surface area (Å²) in [6.45, 7) is -0.491. The van der Waals surface area contributed by atoms with Gasteiger partial charge in [-0.15, -0.1) is 13.2 Å². The molecule has 108 valence electrons. The second-order valence-electron chi connectivity index (χ2n) is 3.70. The Morgan fingerprint density at radius 3 is 2.16 bits per heavy atom. The van der Waals surface area contributed by atoms with Gasteiger partial charge in [0.1, 0.15) is 5.75 Å². The lowest BCUT2D eigenvalue weighted by Crippen LogP contribution is -2.31. The van der Waals surface area contributed by atoms with E-state index in [1.165, 1.54) is 12.1 Å². The third-order valence-electron chi connectivity index (χ3n) is 2.27. The average Bonchev–Trinajstić information content (AvgIpc) is 2.29. The van der Waals surface area contributed by atoms with Crippen molar-refractivity contribution >= 4 is 0 Å². The lowest BCUT2D eigenvalue weighted by molar-refractivity contribution is -0.274. The smallest absolute Gasteiger partial charge is 0.406 e. The van der Waals surface area contributed by atoms with Crippen molar-refractivity contribution < 1.29 is 26.7 Å². The van der Waals surface area contributed by atoms with E-state index in [1.807, 2.05) is 0 Å². The van der Waals surface area contributed by atoms with Gasteiger partial charge in [-0.1, -0.05) is 12.1 Å². The van der Waals surface area contributed by atoms with E-state index in [4.69, 9.17) is 5.73 Å². The molecule has 0 saturated carbocycles. The lowest BCUT2D eigenvalue weighted by atomic mass is 10.1. The minimum Gasteiger partial charge on any atom is -0.406 e. The Bertz CT molecular complexity index is 380. The first-order valence-corrected chi connectivity index (χ1v) is 5.39. The van der Waals surface area contributed by atoms with Gasteiger partial charge in [-0.2, -0.15) is 0 Å². The van der Waals surface area contributed by atoms with Crippen molar-refractivity contribution in [2.24, 2.45) is 5.73 Å². The number of alkyl halides is 5. The van der Waals surface area contributed by atoms with Crippen molar-refractivity contribution in [3.8, 4) is 5.75 Å². The molecule has 0 heterocycles. The number of hydrogen-bond acceptors (Lipinski definition) is 3. The largest absolute Gasteiger partial charge is 0.573 e. The van der Waals surface area contributed by atoms with E-state index in [2.05, 4.69) is 10.1 Å². The van der Waals surface area contributed by atoms with Crippen LogP contribution in [0.5, 0.6) is 5.75 Å². The van der Waals surface area contributed by atoms with Crippen LogP contribution < -0.4 is 15.8 Å². The van der Waals surface area contributed by atoms with Crippen LogP contribution in [-0.2, 0) is 0 Å². The van der Waals surface area contributed by atoms with Gasteiger partial charge in [-0.05, 0) is 17.7 Å². The van der Waals surface area contributed by atoms with Gasteiger partial charge in [0.2, 0.25) is 0 Å². The van der Waals surface area contributed by atoms with Crippen molar-refractivity contribution in [2.75, 3.05) is 13.1 Å². The summed E-state index contributed by atoms with van der Waals surface area (Å²) in [5, 5.41) is 2.51. The summed E-state index contributed by atoms with van der Waals surface area (Å²) in [7, 11) is 0. The molecule has 3 nitrogen and oxygen atoms in total. The van der Waals surface area contributed by atoms with Crippen LogP contribution in [0.3, 0.4) is 0 Å². The molecule has 3 N–H and O–H groups in total. The number of rotatable bonds is 6. The summed E-state index contributed by atoms with van der Waals surface area (Å²) in [5.74, 6) is -0.374. The highest BCUT2D eigenvalue weighted by atomic mass is 19.4. The van der Waals surface area contributed by atoms with Crippen LogP contribution in [0, 0.1) is 0 Å². The highest BCUT2D eigenvalue weighted by molar-refractivity contribution is 5.29. The molecule has 19 heavy (non-hydrogen) atoms. The van der Waals surface area contributed by atoms with Crippen LogP contribution in [0.15, 0.2) is 24.3 Å². The van der Waals surface area contributed by atoms with Crippen molar-refractivity contribution in [3.63, 3.8) is 0 Å². The summed E-state index contributed by atoms with van der Waals surface area (Å²) in [6, 6.07) is 4.35. The molecule has 0 radical (unpaired) electrons. The van der Waals surface area contributed by atoms with E-state index < -0.39 is 25.4 Å². The molecular weight excluding hydrogens is 271 g/mol. The monoisotopic (exact) mass is 284 g/mol. The van der Waals surface area contributed by atoms with Crippen LogP contribution in [0.25, 0.3) is 0 Å². The minimum absolute atomic E-state index is 0.0478. The van der Waals surface area contributed by atoms with E-state index in [0.717, 1.165) is 12.1 Å². The van der Waals surface area contributed by atoms with E-state index in [1.54, 1.807) is 0 Å². The second-order valence-corrected chi connectivity index (χ2v) is 3.70. The van der Waals surface area contributed by atoms with Crippen LogP contribution in [-0.4, -0.2) is 25.9 Å². The summed E-state index contributed by atoms with van der Waals surface area (Å²) in [5.41, 5.74) is 5.92. The first-order valence-electron chi connectivity index (χ1n) is 5.39. The maximum absolute atomic E-state index is 12.0. The summed E-state index contributed by atoms with van der Waals surface area (Å²) >= 11 is 0. The summed E-state index contributed by atoms with van der Waals surface area (Å²) in [4.78, 5) is 0. The number of halogens is 5. The molecule has 1 atom stereocenters. The SMILES string of the molecule is NCC(NCC(F)F)c1ccc(OC(F)(F)F)cc1. The Morgan fingerprint density at radius 1 is 1.16 bits per heavy atom. The molecule has 1 rings (SSSR count). The maximum Gasteiger partial charge on any atom is 0.573 e. The van der Waals surface area contributed by atoms with Crippen LogP contribution in [0.4, 0.5) is 22.0 Å². The summed E-state index contributed by atoms with van der Waals surface area (Å²) in [6.07, 6.45) is -7.29. The van der Waals surface area contributed by atoms with Gasteiger partial charge >= 0.3 is 6.36 Å². The maximum atomic E-state index is 12.0. The van der Waals surface area contributed by atoms with Gasteiger partial charge in [-0.25, -0.2) is 8.78 Å². The van der Waals surface area contributed by atoms with Crippen LogP contribution in [0.1, 0.15) is 11.6 Å². The second kappa shape index (κ2) is 6.67. The molecule has 0 bridgehead atoms. The Balaban J connectivity index is 2.67. The zero-order valence-electron chi connectivity index (χ0n) is 9.75. The molecule has 1 unspecified atom stereocenters.